The fraction of sp³-hybridized carbons (Fsp3) is 0.375. The highest BCUT2D eigenvalue weighted by molar-refractivity contribution is 6.27. The summed E-state index contributed by atoms with van der Waals surface area (Å²) < 4.78 is 22.0. The Hall–Kier alpha value is -3.39. The molecule has 0 saturated heterocycles. The SMILES string of the molecule is CCCCCOC1C(OC)=CC=C2C=C(C(=O)NCc3ccc4c(c3)OCO4)C(=O)N=C21. The molecule has 32 heavy (non-hydrogen) atoms. The minimum absolute atomic E-state index is 0.0141. The molecule has 2 amide bonds. The van der Waals surface area contributed by atoms with Gasteiger partial charge in [-0.3, -0.25) is 9.59 Å². The summed E-state index contributed by atoms with van der Waals surface area (Å²) in [6.07, 6.45) is 7.61. The molecule has 0 radical (unpaired) electrons. The molecule has 2 aliphatic heterocycles. The summed E-state index contributed by atoms with van der Waals surface area (Å²) in [5.74, 6) is 0.808. The van der Waals surface area contributed by atoms with Crippen molar-refractivity contribution in [1.29, 1.82) is 0 Å². The van der Waals surface area contributed by atoms with Crippen molar-refractivity contribution in [1.82, 2.24) is 5.32 Å². The van der Waals surface area contributed by atoms with Crippen LogP contribution in [0.3, 0.4) is 0 Å². The topological polar surface area (TPSA) is 95.5 Å². The average Bonchev–Trinajstić information content (AvgIpc) is 3.28. The van der Waals surface area contributed by atoms with Crippen LogP contribution in [0.5, 0.6) is 11.5 Å². The monoisotopic (exact) mass is 438 g/mol. The van der Waals surface area contributed by atoms with Crippen LogP contribution in [-0.2, 0) is 25.6 Å². The molecule has 0 aromatic heterocycles. The van der Waals surface area contributed by atoms with Crippen LogP contribution < -0.4 is 14.8 Å². The highest BCUT2D eigenvalue weighted by atomic mass is 16.7. The Balaban J connectivity index is 1.44. The summed E-state index contributed by atoms with van der Waals surface area (Å²) in [6, 6.07) is 5.43. The molecule has 1 N–H and O–H groups in total. The highest BCUT2D eigenvalue weighted by Crippen LogP contribution is 2.32. The van der Waals surface area contributed by atoms with Crippen LogP contribution in [0.15, 0.2) is 58.3 Å². The van der Waals surface area contributed by atoms with E-state index in [-0.39, 0.29) is 18.9 Å². The molecule has 3 aliphatic rings. The molecule has 1 aliphatic carbocycles. The van der Waals surface area contributed by atoms with Crippen molar-refractivity contribution < 1.29 is 28.5 Å². The third-order valence-corrected chi connectivity index (χ3v) is 5.38. The van der Waals surface area contributed by atoms with E-state index in [0.717, 1.165) is 24.8 Å². The first-order valence-electron chi connectivity index (χ1n) is 10.7. The Morgan fingerprint density at radius 3 is 2.88 bits per heavy atom. The molecule has 4 rings (SSSR count). The van der Waals surface area contributed by atoms with Gasteiger partial charge in [-0.05, 0) is 42.3 Å². The first-order valence-corrected chi connectivity index (χ1v) is 10.7. The number of fused-ring (bicyclic) bond motifs is 2. The quantitative estimate of drug-likeness (QED) is 0.470. The lowest BCUT2D eigenvalue weighted by Gasteiger charge is -2.27. The lowest BCUT2D eigenvalue weighted by molar-refractivity contribution is -0.122. The fourth-order valence-corrected chi connectivity index (χ4v) is 3.64. The van der Waals surface area contributed by atoms with Gasteiger partial charge < -0.3 is 24.3 Å². The van der Waals surface area contributed by atoms with E-state index >= 15 is 0 Å². The average molecular weight is 438 g/mol. The van der Waals surface area contributed by atoms with Crippen LogP contribution in [0.1, 0.15) is 31.7 Å². The Labute approximate surface area is 186 Å². The van der Waals surface area contributed by atoms with Crippen molar-refractivity contribution in [3.8, 4) is 11.5 Å². The number of benzene rings is 1. The van der Waals surface area contributed by atoms with Crippen molar-refractivity contribution in [2.45, 2.75) is 38.8 Å². The van der Waals surface area contributed by atoms with E-state index < -0.39 is 17.9 Å². The first-order chi connectivity index (χ1) is 15.6. The molecule has 1 aromatic rings. The van der Waals surface area contributed by atoms with E-state index in [9.17, 15) is 9.59 Å². The van der Waals surface area contributed by atoms with Crippen molar-refractivity contribution in [3.05, 3.63) is 58.9 Å². The van der Waals surface area contributed by atoms with Gasteiger partial charge in [0.15, 0.2) is 17.6 Å². The number of amides is 2. The summed E-state index contributed by atoms with van der Waals surface area (Å²) >= 11 is 0. The molecule has 0 fully saturated rings. The summed E-state index contributed by atoms with van der Waals surface area (Å²) in [6.45, 7) is 3.08. The lowest BCUT2D eigenvalue weighted by atomic mass is 9.93. The predicted octanol–water partition coefficient (Wildman–Crippen LogP) is 2.98. The summed E-state index contributed by atoms with van der Waals surface area (Å²) in [5.41, 5.74) is 1.96. The number of rotatable bonds is 9. The molecule has 8 heteroatoms. The van der Waals surface area contributed by atoms with Gasteiger partial charge in [0.2, 0.25) is 6.79 Å². The van der Waals surface area contributed by atoms with Crippen molar-refractivity contribution in [2.75, 3.05) is 20.5 Å². The number of carbonyl (C=O) groups excluding carboxylic acids is 2. The molecule has 2 heterocycles. The molecule has 8 nitrogen and oxygen atoms in total. The van der Waals surface area contributed by atoms with Crippen molar-refractivity contribution >= 4 is 17.5 Å². The predicted molar refractivity (Wildman–Crippen MR) is 117 cm³/mol. The number of carbonyl (C=O) groups is 2. The van der Waals surface area contributed by atoms with Crippen molar-refractivity contribution in [3.63, 3.8) is 0 Å². The zero-order valence-corrected chi connectivity index (χ0v) is 18.2. The van der Waals surface area contributed by atoms with E-state index in [1.807, 2.05) is 6.07 Å². The Kier molecular flexibility index (Phi) is 6.70. The maximum Gasteiger partial charge on any atom is 0.282 e. The zero-order valence-electron chi connectivity index (χ0n) is 18.2. The van der Waals surface area contributed by atoms with Gasteiger partial charge in [0.25, 0.3) is 11.8 Å². The molecular weight excluding hydrogens is 412 g/mol. The van der Waals surface area contributed by atoms with Gasteiger partial charge in [0, 0.05) is 18.7 Å². The number of hydrogen-bond acceptors (Lipinski definition) is 6. The Bertz CT molecular complexity index is 1040. The van der Waals surface area contributed by atoms with Gasteiger partial charge >= 0.3 is 0 Å². The van der Waals surface area contributed by atoms with Gasteiger partial charge in [-0.15, -0.1) is 0 Å². The molecule has 1 atom stereocenters. The first kappa shape index (κ1) is 21.8. The summed E-state index contributed by atoms with van der Waals surface area (Å²) in [4.78, 5) is 29.6. The van der Waals surface area contributed by atoms with Gasteiger partial charge in [-0.1, -0.05) is 25.8 Å². The number of nitrogens with one attached hydrogen (secondary N) is 1. The summed E-state index contributed by atoms with van der Waals surface area (Å²) in [5, 5.41) is 2.77. The second-order valence-electron chi connectivity index (χ2n) is 7.58. The molecule has 168 valence electrons. The van der Waals surface area contributed by atoms with Crippen LogP contribution in [0.25, 0.3) is 0 Å². The maximum atomic E-state index is 12.7. The molecular formula is C24H26N2O6. The van der Waals surface area contributed by atoms with Crippen LogP contribution in [0.2, 0.25) is 0 Å². The number of unbranched alkanes of at least 4 members (excludes halogenated alkanes) is 2. The summed E-state index contributed by atoms with van der Waals surface area (Å²) in [7, 11) is 1.56. The van der Waals surface area contributed by atoms with Gasteiger partial charge in [-0.25, -0.2) is 4.99 Å². The van der Waals surface area contributed by atoms with E-state index in [1.54, 1.807) is 37.5 Å². The second-order valence-corrected chi connectivity index (χ2v) is 7.58. The van der Waals surface area contributed by atoms with E-state index in [0.29, 0.717) is 35.1 Å². The molecule has 1 unspecified atom stereocenters. The number of methoxy groups -OCH3 is 1. The minimum Gasteiger partial charge on any atom is -0.498 e. The third kappa shape index (κ3) is 4.60. The normalized spacial score (nSPS) is 18.8. The maximum absolute atomic E-state index is 12.7. The number of ether oxygens (including phenoxy) is 4. The van der Waals surface area contributed by atoms with E-state index in [2.05, 4.69) is 17.2 Å². The van der Waals surface area contributed by atoms with Crippen LogP contribution >= 0.6 is 0 Å². The number of allylic oxidation sites excluding steroid dienone is 3. The molecule has 0 spiro atoms. The van der Waals surface area contributed by atoms with Gasteiger partial charge in [-0.2, -0.15) is 0 Å². The van der Waals surface area contributed by atoms with Gasteiger partial charge in [0.1, 0.15) is 11.3 Å². The third-order valence-electron chi connectivity index (χ3n) is 5.38. The standard InChI is InChI=1S/C24H26N2O6/c1-3-4-5-10-30-22-19(29-2)9-7-16-12-17(24(28)26-21(16)22)23(27)25-13-15-6-8-18-20(11-15)32-14-31-18/h6-9,11-12,22H,3-5,10,13-14H2,1-2H3,(H,25,27). The Morgan fingerprint density at radius 1 is 1.22 bits per heavy atom. The van der Waals surface area contributed by atoms with Crippen molar-refractivity contribution in [2.24, 2.45) is 4.99 Å². The second kappa shape index (κ2) is 9.82. The zero-order chi connectivity index (χ0) is 22.5. The molecule has 0 saturated carbocycles. The van der Waals surface area contributed by atoms with Crippen LogP contribution in [0.4, 0.5) is 0 Å². The minimum atomic E-state index is -0.597. The molecule has 1 aromatic carbocycles. The largest absolute Gasteiger partial charge is 0.498 e. The van der Waals surface area contributed by atoms with E-state index in [1.165, 1.54) is 0 Å². The number of nitrogens with zero attached hydrogens (tertiary/aromatic N) is 1. The van der Waals surface area contributed by atoms with Crippen LogP contribution in [0, 0.1) is 0 Å². The smallest absolute Gasteiger partial charge is 0.282 e. The van der Waals surface area contributed by atoms with E-state index in [4.69, 9.17) is 18.9 Å². The lowest BCUT2D eigenvalue weighted by Crippen LogP contribution is -2.36. The number of hydrogen-bond donors (Lipinski definition) is 1. The van der Waals surface area contributed by atoms with Gasteiger partial charge in [0.05, 0.1) is 12.8 Å². The number of aliphatic imine (C=N–C) groups is 1. The fourth-order valence-electron chi connectivity index (χ4n) is 3.64. The highest BCUT2D eigenvalue weighted by Gasteiger charge is 2.33. The van der Waals surface area contributed by atoms with Crippen LogP contribution in [-0.4, -0.2) is 44.1 Å². The number of dihydropyridines is 1. The molecule has 0 bridgehead atoms. The Morgan fingerprint density at radius 2 is 2.06 bits per heavy atom.